The van der Waals surface area contributed by atoms with E-state index in [1.807, 2.05) is 0 Å². The van der Waals surface area contributed by atoms with Gasteiger partial charge in [-0.1, -0.05) is 25.4 Å². The Morgan fingerprint density at radius 1 is 1.45 bits per heavy atom. The second-order valence-corrected chi connectivity index (χ2v) is 5.36. The number of amides is 1. The number of benzene rings is 1. The average Bonchev–Trinajstić information content (AvgIpc) is 2.38. The van der Waals surface area contributed by atoms with E-state index in [1.165, 1.54) is 0 Å². The molecule has 0 saturated heterocycles. The highest BCUT2D eigenvalue weighted by atomic mass is 35.5. The maximum absolute atomic E-state index is 13.4. The third-order valence-corrected chi connectivity index (χ3v) is 3.21. The predicted octanol–water partition coefficient (Wildman–Crippen LogP) is 2.16. The van der Waals surface area contributed by atoms with Crippen molar-refractivity contribution in [1.29, 1.82) is 0 Å². The summed E-state index contributed by atoms with van der Waals surface area (Å²) in [6.45, 7) is 3.20. The standard InChI is InChI=1S/C13H14ClFN2O5/c1-6(2)12(13(19)20)16-11(18)4-7-3-9(15)8(14)5-10(7)17(21)22/h3,5-6,12H,4H2,1-2H3,(H,16,18)(H,19,20)/t12-/m0/s1. The Kier molecular flexibility index (Phi) is 5.81. The van der Waals surface area contributed by atoms with Gasteiger partial charge in [-0.15, -0.1) is 0 Å². The highest BCUT2D eigenvalue weighted by Gasteiger charge is 2.25. The lowest BCUT2D eigenvalue weighted by Gasteiger charge is -2.17. The Morgan fingerprint density at radius 2 is 2.05 bits per heavy atom. The fourth-order valence-corrected chi connectivity index (χ4v) is 1.96. The van der Waals surface area contributed by atoms with Crippen molar-refractivity contribution in [3.63, 3.8) is 0 Å². The molecule has 0 bridgehead atoms. The first kappa shape index (κ1) is 17.8. The van der Waals surface area contributed by atoms with Crippen LogP contribution in [0.3, 0.4) is 0 Å². The van der Waals surface area contributed by atoms with Gasteiger partial charge >= 0.3 is 5.97 Å². The van der Waals surface area contributed by atoms with E-state index in [4.69, 9.17) is 16.7 Å². The molecule has 0 unspecified atom stereocenters. The van der Waals surface area contributed by atoms with Crippen LogP contribution in [0.25, 0.3) is 0 Å². The van der Waals surface area contributed by atoms with Crippen LogP contribution in [0.4, 0.5) is 10.1 Å². The zero-order valence-electron chi connectivity index (χ0n) is 11.8. The highest BCUT2D eigenvalue weighted by Crippen LogP contribution is 2.26. The Bertz CT molecular complexity index is 621. The van der Waals surface area contributed by atoms with Crippen molar-refractivity contribution >= 4 is 29.2 Å². The lowest BCUT2D eigenvalue weighted by molar-refractivity contribution is -0.385. The van der Waals surface area contributed by atoms with Crippen molar-refractivity contribution in [2.45, 2.75) is 26.3 Å². The first-order valence-corrected chi connectivity index (χ1v) is 6.65. The maximum Gasteiger partial charge on any atom is 0.326 e. The lowest BCUT2D eigenvalue weighted by atomic mass is 10.0. The van der Waals surface area contributed by atoms with Crippen LogP contribution in [0.2, 0.25) is 5.02 Å². The summed E-state index contributed by atoms with van der Waals surface area (Å²) in [5.74, 6) is -3.25. The topological polar surface area (TPSA) is 110 Å². The smallest absolute Gasteiger partial charge is 0.326 e. The molecule has 0 aliphatic rings. The molecule has 22 heavy (non-hydrogen) atoms. The summed E-state index contributed by atoms with van der Waals surface area (Å²) in [7, 11) is 0. The first-order chi connectivity index (χ1) is 10.1. The molecule has 0 spiro atoms. The highest BCUT2D eigenvalue weighted by molar-refractivity contribution is 6.31. The molecule has 0 radical (unpaired) electrons. The number of halogens is 2. The average molecular weight is 333 g/mol. The van der Waals surface area contributed by atoms with Gasteiger partial charge in [0, 0.05) is 11.6 Å². The van der Waals surface area contributed by atoms with Crippen molar-refractivity contribution in [3.05, 3.63) is 38.7 Å². The normalized spacial score (nSPS) is 12.0. The zero-order valence-corrected chi connectivity index (χ0v) is 12.6. The minimum absolute atomic E-state index is 0.183. The monoisotopic (exact) mass is 332 g/mol. The van der Waals surface area contributed by atoms with Crippen LogP contribution in [0.1, 0.15) is 19.4 Å². The Hall–Kier alpha value is -2.22. The molecule has 1 atom stereocenters. The summed E-state index contributed by atoms with van der Waals surface area (Å²) in [6.07, 6.45) is -0.527. The number of carbonyl (C=O) groups is 2. The second kappa shape index (κ2) is 7.17. The van der Waals surface area contributed by atoms with Crippen LogP contribution < -0.4 is 5.32 Å². The number of nitro groups is 1. The number of aliphatic carboxylic acids is 1. The molecule has 2 N–H and O–H groups in total. The number of nitro benzene ring substituents is 1. The van der Waals surface area contributed by atoms with Crippen LogP contribution in [0, 0.1) is 21.8 Å². The first-order valence-electron chi connectivity index (χ1n) is 6.28. The van der Waals surface area contributed by atoms with Crippen LogP contribution in [0.15, 0.2) is 12.1 Å². The number of hydrogen-bond acceptors (Lipinski definition) is 4. The lowest BCUT2D eigenvalue weighted by Crippen LogP contribution is -2.44. The number of carboxylic acids is 1. The molecule has 1 amide bonds. The van der Waals surface area contributed by atoms with Gasteiger partial charge in [0.05, 0.1) is 16.4 Å². The van der Waals surface area contributed by atoms with E-state index in [-0.39, 0.29) is 11.5 Å². The minimum Gasteiger partial charge on any atom is -0.480 e. The van der Waals surface area contributed by atoms with Crippen molar-refractivity contribution in [2.24, 2.45) is 5.92 Å². The second-order valence-electron chi connectivity index (χ2n) is 4.96. The maximum atomic E-state index is 13.4. The summed E-state index contributed by atoms with van der Waals surface area (Å²) in [4.78, 5) is 33.0. The molecule has 1 rings (SSSR count). The van der Waals surface area contributed by atoms with Gasteiger partial charge in [0.15, 0.2) is 0 Å². The number of rotatable bonds is 6. The Balaban J connectivity index is 2.99. The van der Waals surface area contributed by atoms with Crippen LogP contribution >= 0.6 is 11.6 Å². The quantitative estimate of drug-likeness (QED) is 0.612. The number of hydrogen-bond donors (Lipinski definition) is 2. The summed E-state index contributed by atoms with van der Waals surface area (Å²) in [5, 5.41) is 21.7. The van der Waals surface area contributed by atoms with E-state index in [0.29, 0.717) is 0 Å². The van der Waals surface area contributed by atoms with Crippen LogP contribution in [-0.4, -0.2) is 27.9 Å². The molecule has 0 aliphatic carbocycles. The SMILES string of the molecule is CC(C)[C@H](NC(=O)Cc1cc(F)c(Cl)cc1[N+](=O)[O-])C(=O)O. The molecular weight excluding hydrogens is 319 g/mol. The van der Waals surface area contributed by atoms with Gasteiger partial charge in [0.25, 0.3) is 5.69 Å². The van der Waals surface area contributed by atoms with Gasteiger partial charge in [-0.3, -0.25) is 14.9 Å². The summed E-state index contributed by atoms with van der Waals surface area (Å²) in [5.41, 5.74) is -0.685. The van der Waals surface area contributed by atoms with E-state index in [0.717, 1.165) is 12.1 Å². The Morgan fingerprint density at radius 3 is 2.50 bits per heavy atom. The third-order valence-electron chi connectivity index (χ3n) is 2.92. The fraction of sp³-hybridized carbons (Fsp3) is 0.385. The van der Waals surface area contributed by atoms with Gasteiger partial charge in [-0.25, -0.2) is 9.18 Å². The third kappa shape index (κ3) is 4.39. The zero-order chi connectivity index (χ0) is 17.0. The van der Waals surface area contributed by atoms with Crippen molar-refractivity contribution in [2.75, 3.05) is 0 Å². The predicted molar refractivity (Wildman–Crippen MR) is 76.2 cm³/mol. The molecule has 0 heterocycles. The van der Waals surface area contributed by atoms with E-state index >= 15 is 0 Å². The van der Waals surface area contributed by atoms with Crippen LogP contribution in [0.5, 0.6) is 0 Å². The van der Waals surface area contributed by atoms with Gasteiger partial charge in [0.1, 0.15) is 11.9 Å². The van der Waals surface area contributed by atoms with Gasteiger partial charge < -0.3 is 10.4 Å². The molecule has 0 aromatic heterocycles. The van der Waals surface area contributed by atoms with Gasteiger partial charge in [-0.05, 0) is 12.0 Å². The molecule has 0 saturated carbocycles. The van der Waals surface area contributed by atoms with Crippen LogP contribution in [-0.2, 0) is 16.0 Å². The molecule has 1 aromatic carbocycles. The number of nitrogens with one attached hydrogen (secondary N) is 1. The van der Waals surface area contributed by atoms with Crippen molar-refractivity contribution in [3.8, 4) is 0 Å². The molecular formula is C13H14ClFN2O5. The molecule has 9 heteroatoms. The van der Waals surface area contributed by atoms with E-state index < -0.39 is 45.8 Å². The molecule has 0 aliphatic heterocycles. The number of nitrogens with zero attached hydrogens (tertiary/aromatic N) is 1. The van der Waals surface area contributed by atoms with Crippen molar-refractivity contribution in [1.82, 2.24) is 5.32 Å². The number of carboxylic acid groups (broad SMARTS) is 1. The van der Waals surface area contributed by atoms with Gasteiger partial charge in [0.2, 0.25) is 5.91 Å². The van der Waals surface area contributed by atoms with Crippen molar-refractivity contribution < 1.29 is 24.0 Å². The van der Waals surface area contributed by atoms with E-state index in [1.54, 1.807) is 13.8 Å². The Labute approximate surface area is 130 Å². The van der Waals surface area contributed by atoms with E-state index in [2.05, 4.69) is 5.32 Å². The molecule has 0 fully saturated rings. The minimum atomic E-state index is -1.22. The molecule has 1 aromatic rings. The number of carbonyl (C=O) groups excluding carboxylic acids is 1. The fourth-order valence-electron chi connectivity index (χ4n) is 1.80. The molecule has 120 valence electrons. The largest absolute Gasteiger partial charge is 0.480 e. The summed E-state index contributed by atoms with van der Waals surface area (Å²) < 4.78 is 13.4. The molecule has 7 nitrogen and oxygen atoms in total. The van der Waals surface area contributed by atoms with Gasteiger partial charge in [-0.2, -0.15) is 0 Å². The summed E-state index contributed by atoms with van der Waals surface area (Å²) in [6, 6.07) is 0.477. The summed E-state index contributed by atoms with van der Waals surface area (Å²) >= 11 is 5.48. The van der Waals surface area contributed by atoms with E-state index in [9.17, 15) is 24.1 Å².